The number of aromatic amines is 1. The Balaban J connectivity index is 1.31. The van der Waals surface area contributed by atoms with Crippen molar-refractivity contribution in [1.29, 1.82) is 0 Å². The Hall–Kier alpha value is -2.46. The molecule has 1 amide bonds. The molecular weight excluding hydrogens is 400 g/mol. The predicted molar refractivity (Wildman–Crippen MR) is 116 cm³/mol. The Morgan fingerprint density at radius 2 is 1.45 bits per heavy atom. The van der Waals surface area contributed by atoms with Crippen LogP contribution in [0.4, 0.5) is 5.82 Å². The van der Waals surface area contributed by atoms with E-state index in [2.05, 4.69) is 9.88 Å². The topological polar surface area (TPSA) is 125 Å². The molecule has 0 radical (unpaired) electrons. The van der Waals surface area contributed by atoms with Gasteiger partial charge in [0.15, 0.2) is 5.78 Å². The van der Waals surface area contributed by atoms with E-state index in [9.17, 15) is 19.2 Å². The van der Waals surface area contributed by atoms with Gasteiger partial charge in [-0.05, 0) is 25.7 Å². The third-order valence-electron chi connectivity index (χ3n) is 6.52. The third-order valence-corrected chi connectivity index (χ3v) is 6.52. The van der Waals surface area contributed by atoms with Crippen LogP contribution in [0, 0.1) is 0 Å². The lowest BCUT2D eigenvalue weighted by Gasteiger charge is -2.35. The molecule has 2 aliphatic heterocycles. The SMILES string of the molecule is Nc1c(C(=O)CN2CCN(CC(=O)N3CCCCCC3)CC2)c(=O)[nH]c(=O)n1C1CC1. The molecule has 1 aromatic rings. The van der Waals surface area contributed by atoms with Crippen LogP contribution in [0.25, 0.3) is 0 Å². The molecule has 170 valence electrons. The lowest BCUT2D eigenvalue weighted by Crippen LogP contribution is -2.51. The van der Waals surface area contributed by atoms with Crippen molar-refractivity contribution in [3.8, 4) is 0 Å². The molecule has 0 bridgehead atoms. The van der Waals surface area contributed by atoms with Gasteiger partial charge in [-0.15, -0.1) is 0 Å². The fourth-order valence-electron chi connectivity index (χ4n) is 4.53. The van der Waals surface area contributed by atoms with Crippen LogP contribution in [0.2, 0.25) is 0 Å². The second kappa shape index (κ2) is 9.35. The van der Waals surface area contributed by atoms with Crippen molar-refractivity contribution >= 4 is 17.5 Å². The molecule has 1 aromatic heterocycles. The lowest BCUT2D eigenvalue weighted by molar-refractivity contribution is -0.132. The standard InChI is InChI=1S/C21H32N6O4/c22-19-18(20(30)23-21(31)27(19)15-5-6-15)16(28)13-24-9-11-25(12-10-24)14-17(29)26-7-3-1-2-4-8-26/h15H,1-14,22H2,(H,23,30,31). The first kappa shape index (κ1) is 21.8. The summed E-state index contributed by atoms with van der Waals surface area (Å²) >= 11 is 0. The lowest BCUT2D eigenvalue weighted by atomic mass is 10.1. The number of nitrogen functional groups attached to an aromatic ring is 1. The van der Waals surface area contributed by atoms with E-state index in [1.165, 1.54) is 17.4 Å². The summed E-state index contributed by atoms with van der Waals surface area (Å²) in [6, 6.07) is -0.0267. The zero-order chi connectivity index (χ0) is 22.0. The molecule has 3 fully saturated rings. The summed E-state index contributed by atoms with van der Waals surface area (Å²) < 4.78 is 1.33. The number of aromatic nitrogens is 2. The number of carbonyl (C=O) groups is 2. The van der Waals surface area contributed by atoms with E-state index in [0.29, 0.717) is 32.7 Å². The van der Waals surface area contributed by atoms with Gasteiger partial charge in [-0.25, -0.2) is 4.79 Å². The summed E-state index contributed by atoms with van der Waals surface area (Å²) in [7, 11) is 0. The van der Waals surface area contributed by atoms with E-state index in [1.807, 2.05) is 9.80 Å². The van der Waals surface area contributed by atoms with E-state index in [0.717, 1.165) is 38.8 Å². The normalized spacial score (nSPS) is 21.1. The Bertz CT molecular complexity index is 934. The van der Waals surface area contributed by atoms with Crippen molar-refractivity contribution < 1.29 is 9.59 Å². The van der Waals surface area contributed by atoms with Crippen molar-refractivity contribution in [3.63, 3.8) is 0 Å². The van der Waals surface area contributed by atoms with Crippen LogP contribution >= 0.6 is 0 Å². The number of carbonyl (C=O) groups excluding carboxylic acids is 2. The minimum Gasteiger partial charge on any atom is -0.384 e. The van der Waals surface area contributed by atoms with Gasteiger partial charge in [-0.1, -0.05) is 12.8 Å². The zero-order valence-corrected chi connectivity index (χ0v) is 18.0. The number of Topliss-reactive ketones (excluding diaryl/α,β-unsaturated/α-hetero) is 1. The molecule has 0 aromatic carbocycles. The number of anilines is 1. The van der Waals surface area contributed by atoms with Gasteiger partial charge < -0.3 is 10.6 Å². The summed E-state index contributed by atoms with van der Waals surface area (Å²) in [5.41, 5.74) is 4.66. The van der Waals surface area contributed by atoms with Crippen LogP contribution in [-0.2, 0) is 4.79 Å². The number of hydrogen-bond donors (Lipinski definition) is 2. The minimum atomic E-state index is -0.717. The molecule has 2 saturated heterocycles. The monoisotopic (exact) mass is 432 g/mol. The molecular formula is C21H32N6O4. The highest BCUT2D eigenvalue weighted by atomic mass is 16.2. The van der Waals surface area contributed by atoms with Crippen LogP contribution < -0.4 is 17.0 Å². The number of nitrogens with one attached hydrogen (secondary N) is 1. The number of hydrogen-bond acceptors (Lipinski definition) is 7. The average Bonchev–Trinajstić information content (AvgIpc) is 3.56. The highest BCUT2D eigenvalue weighted by molar-refractivity contribution is 6.01. The number of ketones is 1. The molecule has 10 heteroatoms. The quantitative estimate of drug-likeness (QED) is 0.589. The Labute approximate surface area is 181 Å². The number of piperazine rings is 1. The van der Waals surface area contributed by atoms with E-state index in [4.69, 9.17) is 5.73 Å². The smallest absolute Gasteiger partial charge is 0.330 e. The first-order valence-corrected chi connectivity index (χ1v) is 11.3. The van der Waals surface area contributed by atoms with Gasteiger partial charge in [0.25, 0.3) is 5.56 Å². The maximum Gasteiger partial charge on any atom is 0.330 e. The maximum atomic E-state index is 12.8. The van der Waals surface area contributed by atoms with E-state index in [1.54, 1.807) is 0 Å². The number of amides is 1. The maximum absolute atomic E-state index is 12.8. The molecule has 1 aliphatic carbocycles. The molecule has 0 unspecified atom stereocenters. The molecule has 0 atom stereocenters. The molecule has 3 aliphatic rings. The van der Waals surface area contributed by atoms with Crippen molar-refractivity contribution in [2.24, 2.45) is 0 Å². The van der Waals surface area contributed by atoms with Crippen LogP contribution in [-0.4, -0.2) is 88.3 Å². The molecule has 10 nitrogen and oxygen atoms in total. The Kier molecular flexibility index (Phi) is 6.57. The van der Waals surface area contributed by atoms with Crippen molar-refractivity contribution in [2.45, 2.75) is 44.6 Å². The van der Waals surface area contributed by atoms with Crippen LogP contribution in [0.15, 0.2) is 9.59 Å². The molecule has 3 heterocycles. The Morgan fingerprint density at radius 1 is 0.871 bits per heavy atom. The third kappa shape index (κ3) is 5.07. The number of nitrogens with two attached hydrogens (primary N) is 1. The minimum absolute atomic E-state index is 0.0251. The highest BCUT2D eigenvalue weighted by Gasteiger charge is 2.31. The first-order chi connectivity index (χ1) is 14.9. The summed E-state index contributed by atoms with van der Waals surface area (Å²) in [5, 5.41) is 0. The first-order valence-electron chi connectivity index (χ1n) is 11.3. The van der Waals surface area contributed by atoms with E-state index >= 15 is 0 Å². The number of rotatable bonds is 6. The molecule has 1 saturated carbocycles. The average molecular weight is 433 g/mol. The van der Waals surface area contributed by atoms with E-state index in [-0.39, 0.29) is 35.7 Å². The van der Waals surface area contributed by atoms with Gasteiger partial charge >= 0.3 is 5.69 Å². The number of likely N-dealkylation sites (tertiary alicyclic amines) is 1. The summed E-state index contributed by atoms with van der Waals surface area (Å²) in [6.45, 7) is 4.86. The van der Waals surface area contributed by atoms with Gasteiger partial charge in [0.1, 0.15) is 11.4 Å². The molecule has 3 N–H and O–H groups in total. The Morgan fingerprint density at radius 3 is 2.03 bits per heavy atom. The molecule has 4 rings (SSSR count). The number of nitrogens with zero attached hydrogens (tertiary/aromatic N) is 4. The fourth-order valence-corrected chi connectivity index (χ4v) is 4.53. The summed E-state index contributed by atoms with van der Waals surface area (Å²) in [6.07, 6.45) is 6.20. The van der Waals surface area contributed by atoms with Crippen LogP contribution in [0.1, 0.15) is 54.9 Å². The van der Waals surface area contributed by atoms with Crippen LogP contribution in [0.5, 0.6) is 0 Å². The van der Waals surface area contributed by atoms with Gasteiger partial charge in [0.2, 0.25) is 5.91 Å². The highest BCUT2D eigenvalue weighted by Crippen LogP contribution is 2.35. The summed E-state index contributed by atoms with van der Waals surface area (Å²) in [4.78, 5) is 58.0. The second-order valence-electron chi connectivity index (χ2n) is 8.89. The van der Waals surface area contributed by atoms with Gasteiger partial charge in [0.05, 0.1) is 13.1 Å². The largest absolute Gasteiger partial charge is 0.384 e. The fraction of sp³-hybridized carbons (Fsp3) is 0.714. The summed E-state index contributed by atoms with van der Waals surface area (Å²) in [5.74, 6) is -0.210. The van der Waals surface area contributed by atoms with Gasteiger partial charge in [-0.2, -0.15) is 0 Å². The molecule has 0 spiro atoms. The van der Waals surface area contributed by atoms with E-state index < -0.39 is 11.2 Å². The van der Waals surface area contributed by atoms with Crippen molar-refractivity contribution in [1.82, 2.24) is 24.3 Å². The van der Waals surface area contributed by atoms with Crippen molar-refractivity contribution in [3.05, 3.63) is 26.4 Å². The van der Waals surface area contributed by atoms with Crippen LogP contribution in [0.3, 0.4) is 0 Å². The predicted octanol–water partition coefficient (Wildman–Crippen LogP) is -0.343. The number of H-pyrrole nitrogens is 1. The van der Waals surface area contributed by atoms with Crippen molar-refractivity contribution in [2.75, 3.05) is 58.1 Å². The zero-order valence-electron chi connectivity index (χ0n) is 18.0. The van der Waals surface area contributed by atoms with Gasteiger partial charge in [-0.3, -0.25) is 33.7 Å². The van der Waals surface area contributed by atoms with Gasteiger partial charge in [0, 0.05) is 45.3 Å². The molecule has 31 heavy (non-hydrogen) atoms. The second-order valence-corrected chi connectivity index (χ2v) is 8.89.